The number of nitriles is 1. The number of pyridine rings is 1. The van der Waals surface area contributed by atoms with Gasteiger partial charge in [-0.25, -0.2) is 4.98 Å². The second-order valence-corrected chi connectivity index (χ2v) is 8.63. The van der Waals surface area contributed by atoms with Crippen LogP contribution in [0.1, 0.15) is 32.0 Å². The largest absolute Gasteiger partial charge is 0.325 e. The fourth-order valence-electron chi connectivity index (χ4n) is 2.82. The third kappa shape index (κ3) is 5.24. The molecule has 0 aliphatic heterocycles. The Morgan fingerprint density at radius 1 is 1.07 bits per heavy atom. The molecule has 1 aromatic heterocycles. The van der Waals surface area contributed by atoms with Crippen LogP contribution in [0.5, 0.6) is 0 Å². The fourth-order valence-corrected chi connectivity index (χ4v) is 3.62. The van der Waals surface area contributed by atoms with Crippen molar-refractivity contribution in [2.24, 2.45) is 0 Å². The predicted octanol–water partition coefficient (Wildman–Crippen LogP) is 5.65. The molecule has 0 bridgehead atoms. The molecule has 146 valence electrons. The Morgan fingerprint density at radius 3 is 2.28 bits per heavy atom. The maximum absolute atomic E-state index is 12.4. The number of hydrogen-bond donors (Lipinski definition) is 1. The molecule has 0 unspecified atom stereocenters. The summed E-state index contributed by atoms with van der Waals surface area (Å²) in [6.45, 7) is 6.27. The van der Waals surface area contributed by atoms with E-state index in [0.717, 1.165) is 22.5 Å². The minimum atomic E-state index is -0.181. The van der Waals surface area contributed by atoms with Gasteiger partial charge in [0.15, 0.2) is 0 Å². The molecule has 1 N–H and O–H groups in total. The van der Waals surface area contributed by atoms with Gasteiger partial charge in [0.1, 0.15) is 11.1 Å². The number of benzene rings is 2. The van der Waals surface area contributed by atoms with E-state index in [-0.39, 0.29) is 17.1 Å². The van der Waals surface area contributed by atoms with Crippen LogP contribution < -0.4 is 5.32 Å². The van der Waals surface area contributed by atoms with E-state index in [9.17, 15) is 10.1 Å². The monoisotopic (exact) mass is 401 g/mol. The number of amides is 1. The third-order valence-corrected chi connectivity index (χ3v) is 5.32. The van der Waals surface area contributed by atoms with Crippen LogP contribution >= 0.6 is 11.8 Å². The Kier molecular flexibility index (Phi) is 6.36. The van der Waals surface area contributed by atoms with Crippen molar-refractivity contribution >= 4 is 23.4 Å². The van der Waals surface area contributed by atoms with Crippen molar-refractivity contribution in [2.75, 3.05) is 11.1 Å². The third-order valence-electron chi connectivity index (χ3n) is 4.35. The molecule has 5 heteroatoms. The van der Waals surface area contributed by atoms with Gasteiger partial charge < -0.3 is 5.32 Å². The molecule has 0 aliphatic rings. The minimum absolute atomic E-state index is 0.130. The number of anilines is 1. The van der Waals surface area contributed by atoms with Crippen LogP contribution in [0, 0.1) is 11.3 Å². The van der Waals surface area contributed by atoms with Crippen molar-refractivity contribution < 1.29 is 4.79 Å². The summed E-state index contributed by atoms with van der Waals surface area (Å²) in [5, 5.41) is 13.3. The lowest BCUT2D eigenvalue weighted by atomic mass is 9.89. The van der Waals surface area contributed by atoms with Gasteiger partial charge in [0.25, 0.3) is 0 Å². The molecule has 3 rings (SSSR count). The number of hydrogen-bond acceptors (Lipinski definition) is 4. The van der Waals surface area contributed by atoms with Crippen LogP contribution in [0.2, 0.25) is 0 Å². The van der Waals surface area contributed by atoms with Gasteiger partial charge in [-0.2, -0.15) is 5.26 Å². The van der Waals surface area contributed by atoms with E-state index >= 15 is 0 Å². The van der Waals surface area contributed by atoms with E-state index in [4.69, 9.17) is 4.98 Å². The van der Waals surface area contributed by atoms with E-state index in [1.54, 1.807) is 0 Å². The lowest BCUT2D eigenvalue weighted by molar-refractivity contribution is -0.113. The average Bonchev–Trinajstić information content (AvgIpc) is 2.72. The fraction of sp³-hybridized carbons (Fsp3) is 0.208. The summed E-state index contributed by atoms with van der Waals surface area (Å²) < 4.78 is 0. The summed E-state index contributed by atoms with van der Waals surface area (Å²) in [6, 6.07) is 23.4. The number of carbonyl (C=O) groups excluding carboxylic acids is 1. The second-order valence-electron chi connectivity index (χ2n) is 7.67. The summed E-state index contributed by atoms with van der Waals surface area (Å²) in [6.07, 6.45) is 0. The molecule has 3 aromatic rings. The van der Waals surface area contributed by atoms with Crippen LogP contribution in [0.4, 0.5) is 5.69 Å². The predicted molar refractivity (Wildman–Crippen MR) is 119 cm³/mol. The van der Waals surface area contributed by atoms with Gasteiger partial charge in [-0.15, -0.1) is 0 Å². The molecule has 1 heterocycles. The summed E-state index contributed by atoms with van der Waals surface area (Å²) in [4.78, 5) is 17.1. The minimum Gasteiger partial charge on any atom is -0.325 e. The molecule has 1 amide bonds. The molecular formula is C24H23N3OS. The first kappa shape index (κ1) is 20.6. The highest BCUT2D eigenvalue weighted by atomic mass is 32.2. The Hall–Kier alpha value is -3.10. The highest BCUT2D eigenvalue weighted by Gasteiger charge is 2.22. The van der Waals surface area contributed by atoms with E-state index in [0.29, 0.717) is 10.6 Å². The lowest BCUT2D eigenvalue weighted by Crippen LogP contribution is -2.16. The van der Waals surface area contributed by atoms with Gasteiger partial charge in [-0.3, -0.25) is 4.79 Å². The number of thioether (sulfide) groups is 1. The Labute approximate surface area is 176 Å². The van der Waals surface area contributed by atoms with Crippen LogP contribution in [-0.2, 0) is 10.2 Å². The van der Waals surface area contributed by atoms with Gasteiger partial charge in [0, 0.05) is 22.4 Å². The average molecular weight is 402 g/mol. The van der Waals surface area contributed by atoms with Gasteiger partial charge >= 0.3 is 0 Å². The molecule has 2 aromatic carbocycles. The van der Waals surface area contributed by atoms with Crippen LogP contribution in [0.25, 0.3) is 11.1 Å². The number of carbonyl (C=O) groups is 1. The number of nitrogens with zero attached hydrogens (tertiary/aromatic N) is 2. The summed E-state index contributed by atoms with van der Waals surface area (Å²) in [5.41, 5.74) is 3.77. The molecule has 0 saturated heterocycles. The zero-order valence-electron chi connectivity index (χ0n) is 16.8. The molecule has 29 heavy (non-hydrogen) atoms. The quantitative estimate of drug-likeness (QED) is 0.561. The van der Waals surface area contributed by atoms with Gasteiger partial charge in [0.05, 0.1) is 11.3 Å². The lowest BCUT2D eigenvalue weighted by Gasteiger charge is -2.21. The second kappa shape index (κ2) is 8.93. The van der Waals surface area contributed by atoms with Gasteiger partial charge in [-0.05, 0) is 23.8 Å². The van der Waals surface area contributed by atoms with Gasteiger partial charge in [-0.1, -0.05) is 81.1 Å². The highest BCUT2D eigenvalue weighted by molar-refractivity contribution is 8.00. The first-order chi connectivity index (χ1) is 13.9. The van der Waals surface area contributed by atoms with Crippen molar-refractivity contribution in [3.8, 4) is 17.2 Å². The van der Waals surface area contributed by atoms with Crippen molar-refractivity contribution in [3.05, 3.63) is 78.0 Å². The van der Waals surface area contributed by atoms with E-state index in [1.165, 1.54) is 11.8 Å². The van der Waals surface area contributed by atoms with E-state index in [2.05, 4.69) is 32.2 Å². The summed E-state index contributed by atoms with van der Waals surface area (Å²) in [7, 11) is 0. The van der Waals surface area contributed by atoms with Crippen LogP contribution in [0.15, 0.2) is 71.8 Å². The normalized spacial score (nSPS) is 11.0. The Bertz CT molecular complexity index is 1040. The number of aromatic nitrogens is 1. The van der Waals surface area contributed by atoms with Crippen molar-refractivity contribution in [3.63, 3.8) is 0 Å². The topological polar surface area (TPSA) is 65.8 Å². The van der Waals surface area contributed by atoms with E-state index in [1.807, 2.05) is 66.7 Å². The maximum Gasteiger partial charge on any atom is 0.234 e. The van der Waals surface area contributed by atoms with Crippen LogP contribution in [0.3, 0.4) is 0 Å². The SMILES string of the molecule is CC(C)(C)c1cc(-c2ccccc2)c(C#N)c(SCC(=O)Nc2ccccc2)n1. The standard InChI is InChI=1S/C24H23N3OS/c1-24(2,3)21-14-19(17-10-6-4-7-11-17)20(15-25)23(27-21)29-16-22(28)26-18-12-8-5-9-13-18/h4-14H,16H2,1-3H3,(H,26,28). The smallest absolute Gasteiger partial charge is 0.234 e. The first-order valence-electron chi connectivity index (χ1n) is 9.37. The summed E-state index contributed by atoms with van der Waals surface area (Å²) in [5.74, 6) is 0.0487. The maximum atomic E-state index is 12.4. The zero-order chi connectivity index (χ0) is 20.9. The number of rotatable bonds is 5. The zero-order valence-corrected chi connectivity index (χ0v) is 17.6. The Balaban J connectivity index is 1.92. The Morgan fingerprint density at radius 2 is 1.69 bits per heavy atom. The number of para-hydroxylation sites is 1. The van der Waals surface area contributed by atoms with Crippen molar-refractivity contribution in [2.45, 2.75) is 31.2 Å². The summed E-state index contributed by atoms with van der Waals surface area (Å²) >= 11 is 1.29. The molecule has 4 nitrogen and oxygen atoms in total. The number of nitrogens with one attached hydrogen (secondary N) is 1. The molecule has 0 aliphatic carbocycles. The first-order valence-corrected chi connectivity index (χ1v) is 10.4. The molecule has 0 fully saturated rings. The molecule has 0 saturated carbocycles. The molecule has 0 spiro atoms. The van der Waals surface area contributed by atoms with Crippen molar-refractivity contribution in [1.29, 1.82) is 5.26 Å². The molecule has 0 atom stereocenters. The highest BCUT2D eigenvalue weighted by Crippen LogP contribution is 2.34. The van der Waals surface area contributed by atoms with Crippen molar-refractivity contribution in [1.82, 2.24) is 4.98 Å². The van der Waals surface area contributed by atoms with Crippen LogP contribution in [-0.4, -0.2) is 16.6 Å². The molecule has 0 radical (unpaired) electrons. The van der Waals surface area contributed by atoms with E-state index < -0.39 is 0 Å². The van der Waals surface area contributed by atoms with Gasteiger partial charge in [0.2, 0.25) is 5.91 Å². The molecular weight excluding hydrogens is 378 g/mol.